The first-order valence-electron chi connectivity index (χ1n) is 6.11. The molecule has 1 heterocycles. The van der Waals surface area contributed by atoms with Gasteiger partial charge in [0.15, 0.2) is 0 Å². The van der Waals surface area contributed by atoms with E-state index in [0.29, 0.717) is 12.4 Å². The van der Waals surface area contributed by atoms with Crippen LogP contribution in [-0.4, -0.2) is 15.5 Å². The molecule has 0 aliphatic carbocycles. The van der Waals surface area contributed by atoms with Crippen LogP contribution in [0.2, 0.25) is 5.15 Å². The van der Waals surface area contributed by atoms with Crippen molar-refractivity contribution in [2.24, 2.45) is 0 Å². The zero-order valence-electron chi connectivity index (χ0n) is 11.0. The summed E-state index contributed by atoms with van der Waals surface area (Å²) in [5, 5.41) is 2.89. The van der Waals surface area contributed by atoms with E-state index >= 15 is 0 Å². The zero-order chi connectivity index (χ0) is 14.5. The van der Waals surface area contributed by atoms with Crippen LogP contribution in [0, 0.1) is 6.92 Å². The lowest BCUT2D eigenvalue weighted by Gasteiger charge is -2.09. The Bertz CT molecular complexity index is 668. The van der Waals surface area contributed by atoms with E-state index in [1.807, 2.05) is 30.3 Å². The highest BCUT2D eigenvalue weighted by molar-refractivity contribution is 6.29. The fourth-order valence-corrected chi connectivity index (χ4v) is 1.99. The van der Waals surface area contributed by atoms with E-state index in [9.17, 15) is 9.59 Å². The molecule has 0 aliphatic heterocycles. The van der Waals surface area contributed by atoms with Gasteiger partial charge in [-0.2, -0.15) is 0 Å². The predicted octanol–water partition coefficient (Wildman–Crippen LogP) is 1.52. The number of carbonyl (C=O) groups excluding carboxylic acids is 1. The smallest absolute Gasteiger partial charge is 0.255 e. The molecule has 0 fully saturated rings. The third kappa shape index (κ3) is 3.68. The summed E-state index contributed by atoms with van der Waals surface area (Å²) in [6.07, 6.45) is 0. The quantitative estimate of drug-likeness (QED) is 0.869. The minimum atomic E-state index is -0.336. The number of nitrogens with one attached hydrogen (secondary N) is 1. The molecule has 0 unspecified atom stereocenters. The Morgan fingerprint density at radius 1 is 1.35 bits per heavy atom. The van der Waals surface area contributed by atoms with Crippen molar-refractivity contribution in [3.63, 3.8) is 0 Å². The minimum absolute atomic E-state index is 0.0678. The molecule has 0 radical (unpaired) electrons. The largest absolute Gasteiger partial charge is 0.350 e. The van der Waals surface area contributed by atoms with Crippen molar-refractivity contribution < 1.29 is 4.79 Å². The first-order valence-corrected chi connectivity index (χ1v) is 6.48. The van der Waals surface area contributed by atoms with E-state index in [4.69, 9.17) is 11.6 Å². The topological polar surface area (TPSA) is 64.0 Å². The number of rotatable bonds is 4. The number of halogens is 1. The number of aromatic nitrogens is 2. The Morgan fingerprint density at radius 2 is 2.05 bits per heavy atom. The van der Waals surface area contributed by atoms with Gasteiger partial charge in [-0.05, 0) is 12.5 Å². The van der Waals surface area contributed by atoms with E-state index in [-0.39, 0.29) is 23.2 Å². The highest BCUT2D eigenvalue weighted by Gasteiger charge is 2.08. The van der Waals surface area contributed by atoms with Gasteiger partial charge < -0.3 is 5.32 Å². The molecule has 1 aromatic heterocycles. The second-order valence-electron chi connectivity index (χ2n) is 4.31. The van der Waals surface area contributed by atoms with E-state index < -0.39 is 0 Å². The van der Waals surface area contributed by atoms with Gasteiger partial charge in [-0.25, -0.2) is 4.98 Å². The van der Waals surface area contributed by atoms with E-state index in [1.54, 1.807) is 6.92 Å². The van der Waals surface area contributed by atoms with E-state index in [1.165, 1.54) is 10.6 Å². The molecule has 0 aliphatic rings. The number of benzene rings is 1. The molecule has 1 amide bonds. The van der Waals surface area contributed by atoms with Crippen molar-refractivity contribution in [2.75, 3.05) is 0 Å². The first-order chi connectivity index (χ1) is 9.56. The van der Waals surface area contributed by atoms with Crippen molar-refractivity contribution in [1.82, 2.24) is 14.9 Å². The summed E-state index contributed by atoms with van der Waals surface area (Å²) in [5.41, 5.74) is 0.663. The fraction of sp³-hybridized carbons (Fsp3) is 0.214. The molecular formula is C14H14ClN3O2. The third-order valence-electron chi connectivity index (χ3n) is 2.80. The Balaban J connectivity index is 2.00. The second kappa shape index (κ2) is 6.34. The number of aryl methyl sites for hydroxylation is 1. The third-order valence-corrected chi connectivity index (χ3v) is 3.00. The Kier molecular flexibility index (Phi) is 4.53. The molecule has 0 saturated heterocycles. The lowest BCUT2D eigenvalue weighted by molar-refractivity contribution is -0.121. The number of amides is 1. The maximum Gasteiger partial charge on any atom is 0.255 e. The minimum Gasteiger partial charge on any atom is -0.350 e. The summed E-state index contributed by atoms with van der Waals surface area (Å²) in [6.45, 7) is 1.99. The van der Waals surface area contributed by atoms with Crippen LogP contribution in [-0.2, 0) is 17.9 Å². The summed E-state index contributed by atoms with van der Waals surface area (Å²) in [4.78, 5) is 27.5. The molecular weight excluding hydrogens is 278 g/mol. The summed E-state index contributed by atoms with van der Waals surface area (Å²) >= 11 is 5.67. The summed E-state index contributed by atoms with van der Waals surface area (Å²) in [7, 11) is 0. The fourth-order valence-electron chi connectivity index (χ4n) is 1.77. The maximum atomic E-state index is 11.8. The molecule has 6 heteroatoms. The molecule has 1 aromatic carbocycles. The van der Waals surface area contributed by atoms with Gasteiger partial charge in [-0.3, -0.25) is 14.2 Å². The van der Waals surface area contributed by atoms with Crippen molar-refractivity contribution in [3.8, 4) is 0 Å². The van der Waals surface area contributed by atoms with Gasteiger partial charge in [0.2, 0.25) is 5.91 Å². The lowest BCUT2D eigenvalue weighted by Crippen LogP contribution is -2.33. The highest BCUT2D eigenvalue weighted by Crippen LogP contribution is 2.01. The molecule has 0 saturated carbocycles. The molecule has 1 N–H and O–H groups in total. The molecule has 0 atom stereocenters. The Hall–Kier alpha value is -2.14. The van der Waals surface area contributed by atoms with Crippen LogP contribution in [0.5, 0.6) is 0 Å². The van der Waals surface area contributed by atoms with Gasteiger partial charge >= 0.3 is 0 Å². The molecule has 104 valence electrons. The number of nitrogens with zero attached hydrogens (tertiary/aromatic N) is 2. The normalized spacial score (nSPS) is 10.3. The number of hydrogen-bond acceptors (Lipinski definition) is 3. The number of carbonyl (C=O) groups is 1. The molecule has 2 aromatic rings. The predicted molar refractivity (Wildman–Crippen MR) is 76.5 cm³/mol. The Morgan fingerprint density at radius 3 is 2.70 bits per heavy atom. The monoisotopic (exact) mass is 291 g/mol. The van der Waals surface area contributed by atoms with Crippen LogP contribution in [0.1, 0.15) is 11.4 Å². The second-order valence-corrected chi connectivity index (χ2v) is 4.70. The van der Waals surface area contributed by atoms with Gasteiger partial charge in [0.05, 0.1) is 0 Å². The van der Waals surface area contributed by atoms with Crippen LogP contribution in [0.3, 0.4) is 0 Å². The Labute approximate surface area is 121 Å². The SMILES string of the molecule is Cc1nc(Cl)cc(=O)n1CC(=O)NCc1ccccc1. The average molecular weight is 292 g/mol. The molecule has 2 rings (SSSR count). The first kappa shape index (κ1) is 14.3. The molecule has 0 spiro atoms. The molecule has 0 bridgehead atoms. The molecule has 20 heavy (non-hydrogen) atoms. The summed E-state index contributed by atoms with van der Waals surface area (Å²) in [5.74, 6) is 0.167. The van der Waals surface area contributed by atoms with Crippen molar-refractivity contribution in [2.45, 2.75) is 20.0 Å². The van der Waals surface area contributed by atoms with Gasteiger partial charge in [0, 0.05) is 12.6 Å². The van der Waals surface area contributed by atoms with Gasteiger partial charge in [-0.1, -0.05) is 41.9 Å². The number of hydrogen-bond donors (Lipinski definition) is 1. The van der Waals surface area contributed by atoms with Crippen LogP contribution in [0.15, 0.2) is 41.2 Å². The summed E-state index contributed by atoms with van der Waals surface area (Å²) < 4.78 is 1.28. The van der Waals surface area contributed by atoms with Crippen molar-refractivity contribution >= 4 is 17.5 Å². The zero-order valence-corrected chi connectivity index (χ0v) is 11.7. The highest BCUT2D eigenvalue weighted by atomic mass is 35.5. The average Bonchev–Trinajstić information content (AvgIpc) is 2.42. The maximum absolute atomic E-state index is 11.8. The van der Waals surface area contributed by atoms with Gasteiger partial charge in [-0.15, -0.1) is 0 Å². The van der Waals surface area contributed by atoms with E-state index in [0.717, 1.165) is 5.56 Å². The van der Waals surface area contributed by atoms with Gasteiger partial charge in [0.25, 0.3) is 5.56 Å². The lowest BCUT2D eigenvalue weighted by atomic mass is 10.2. The summed E-state index contributed by atoms with van der Waals surface area (Å²) in [6, 6.07) is 10.7. The van der Waals surface area contributed by atoms with Gasteiger partial charge in [0.1, 0.15) is 17.5 Å². The standard InChI is InChI=1S/C14H14ClN3O2/c1-10-17-12(15)7-14(20)18(10)9-13(19)16-8-11-5-3-2-4-6-11/h2-7H,8-9H2,1H3,(H,16,19). The van der Waals surface area contributed by atoms with E-state index in [2.05, 4.69) is 10.3 Å². The van der Waals surface area contributed by atoms with Crippen LogP contribution < -0.4 is 10.9 Å². The van der Waals surface area contributed by atoms with Crippen LogP contribution in [0.25, 0.3) is 0 Å². The molecule has 5 nitrogen and oxygen atoms in total. The van der Waals surface area contributed by atoms with Crippen molar-refractivity contribution in [3.05, 3.63) is 63.3 Å². The van der Waals surface area contributed by atoms with Crippen LogP contribution >= 0.6 is 11.6 Å². The van der Waals surface area contributed by atoms with Crippen LogP contribution in [0.4, 0.5) is 0 Å². The van der Waals surface area contributed by atoms with Crippen molar-refractivity contribution in [1.29, 1.82) is 0 Å².